The lowest BCUT2D eigenvalue weighted by molar-refractivity contribution is -0.143. The molecule has 7 nitrogen and oxygen atoms in total. The number of ether oxygens (including phenoxy) is 1. The van der Waals surface area contributed by atoms with E-state index in [1.54, 1.807) is 12.1 Å². The molecule has 2 N–H and O–H groups in total. The van der Waals surface area contributed by atoms with Gasteiger partial charge in [0.2, 0.25) is 0 Å². The van der Waals surface area contributed by atoms with Gasteiger partial charge in [-0.3, -0.25) is 4.68 Å². The molecule has 3 aromatic rings. The van der Waals surface area contributed by atoms with Crippen molar-refractivity contribution in [3.05, 3.63) is 47.7 Å². The molecule has 0 aliphatic carbocycles. The summed E-state index contributed by atoms with van der Waals surface area (Å²) in [4.78, 5) is 22.7. The Morgan fingerprint density at radius 3 is 2.42 bits per heavy atom. The molecule has 0 saturated carbocycles. The molecule has 7 heteroatoms. The minimum atomic E-state index is -1.69. The smallest absolute Gasteiger partial charge is 0.336 e. The van der Waals surface area contributed by atoms with Gasteiger partial charge in [0, 0.05) is 11.1 Å². The summed E-state index contributed by atoms with van der Waals surface area (Å²) < 4.78 is 8.25. The first-order chi connectivity index (χ1) is 14.7. The second-order valence-electron chi connectivity index (χ2n) is 8.07. The summed E-state index contributed by atoms with van der Waals surface area (Å²) in [5.74, 6) is 0.160. The van der Waals surface area contributed by atoms with Crippen LogP contribution in [0.4, 0.5) is 5.69 Å². The molecule has 0 saturated heterocycles. The van der Waals surface area contributed by atoms with Gasteiger partial charge < -0.3 is 20.0 Å². The Kier molecular flexibility index (Phi) is 6.34. The van der Waals surface area contributed by atoms with E-state index >= 15 is 0 Å². The van der Waals surface area contributed by atoms with Gasteiger partial charge in [0.05, 0.1) is 17.8 Å². The number of aromatic nitrogens is 2. The van der Waals surface area contributed by atoms with Crippen LogP contribution in [0.1, 0.15) is 50.8 Å². The highest BCUT2D eigenvalue weighted by atomic mass is 16.5. The maximum absolute atomic E-state index is 11.4. The lowest BCUT2D eigenvalue weighted by atomic mass is 10.0. The van der Waals surface area contributed by atoms with E-state index in [1.807, 2.05) is 38.2 Å². The van der Waals surface area contributed by atoms with Crippen molar-refractivity contribution in [2.75, 3.05) is 5.32 Å². The van der Waals surface area contributed by atoms with Crippen LogP contribution in [0.15, 0.2) is 36.5 Å². The van der Waals surface area contributed by atoms with E-state index in [1.165, 1.54) is 6.92 Å². The van der Waals surface area contributed by atoms with Crippen LogP contribution < -0.4 is 10.1 Å². The molecule has 0 fully saturated rings. The van der Waals surface area contributed by atoms with Crippen LogP contribution >= 0.6 is 0 Å². The molecule has 0 radical (unpaired) electrons. The fourth-order valence-electron chi connectivity index (χ4n) is 3.75. The Labute approximate surface area is 182 Å². The maximum atomic E-state index is 11.4. The quantitative estimate of drug-likeness (QED) is 0.360. The van der Waals surface area contributed by atoms with Crippen molar-refractivity contribution in [1.82, 2.24) is 9.78 Å². The number of nitrogens with zero attached hydrogens (tertiary/aromatic N) is 2. The number of carbonyl (C=O) groups excluding carboxylic acids is 1. The molecule has 0 aliphatic heterocycles. The minimum absolute atomic E-state index is 0.372. The van der Waals surface area contributed by atoms with Gasteiger partial charge in [-0.25, -0.2) is 4.79 Å². The SMILES string of the molecule is CCC(CC)n1ncc2cc(Oc3c(C)cc(NC(C)(C=O)C(=O)O)cc3C)ccc21. The van der Waals surface area contributed by atoms with Crippen LogP contribution in [-0.4, -0.2) is 32.7 Å². The highest BCUT2D eigenvalue weighted by Gasteiger charge is 2.32. The predicted molar refractivity (Wildman–Crippen MR) is 121 cm³/mol. The molecule has 31 heavy (non-hydrogen) atoms. The third-order valence-electron chi connectivity index (χ3n) is 5.62. The van der Waals surface area contributed by atoms with E-state index in [2.05, 4.69) is 28.9 Å². The molecule has 2 aromatic carbocycles. The van der Waals surface area contributed by atoms with Crippen molar-refractivity contribution in [2.24, 2.45) is 0 Å². The summed E-state index contributed by atoms with van der Waals surface area (Å²) in [7, 11) is 0. The molecular weight excluding hydrogens is 394 g/mol. The Morgan fingerprint density at radius 2 is 1.87 bits per heavy atom. The Hall–Kier alpha value is -3.35. The van der Waals surface area contributed by atoms with E-state index in [0.29, 0.717) is 29.5 Å². The van der Waals surface area contributed by atoms with Crippen LogP contribution in [0.5, 0.6) is 11.5 Å². The fraction of sp³-hybridized carbons (Fsp3) is 0.375. The first-order valence-electron chi connectivity index (χ1n) is 10.5. The van der Waals surface area contributed by atoms with Gasteiger partial charge in [-0.15, -0.1) is 0 Å². The van der Waals surface area contributed by atoms with Crippen molar-refractivity contribution in [2.45, 2.75) is 59.0 Å². The van der Waals surface area contributed by atoms with Crippen LogP contribution in [-0.2, 0) is 9.59 Å². The Bertz CT molecular complexity index is 1090. The summed E-state index contributed by atoms with van der Waals surface area (Å²) in [6.45, 7) is 9.43. The maximum Gasteiger partial charge on any atom is 0.336 e. The second-order valence-corrected chi connectivity index (χ2v) is 8.07. The van der Waals surface area contributed by atoms with Gasteiger partial charge in [-0.1, -0.05) is 13.8 Å². The Morgan fingerprint density at radius 1 is 1.23 bits per heavy atom. The molecule has 0 bridgehead atoms. The van der Waals surface area contributed by atoms with E-state index in [9.17, 15) is 14.7 Å². The lowest BCUT2D eigenvalue weighted by Crippen LogP contribution is -2.45. The molecule has 3 rings (SSSR count). The van der Waals surface area contributed by atoms with Crippen molar-refractivity contribution < 1.29 is 19.4 Å². The van der Waals surface area contributed by atoms with Gasteiger partial charge in [-0.2, -0.15) is 5.10 Å². The van der Waals surface area contributed by atoms with Crippen molar-refractivity contribution in [1.29, 1.82) is 0 Å². The van der Waals surface area contributed by atoms with Crippen LogP contribution in [0.25, 0.3) is 10.9 Å². The number of benzene rings is 2. The number of carbonyl (C=O) groups is 2. The first kappa shape index (κ1) is 22.3. The fourth-order valence-corrected chi connectivity index (χ4v) is 3.75. The largest absolute Gasteiger partial charge is 0.479 e. The van der Waals surface area contributed by atoms with Crippen LogP contribution in [0.3, 0.4) is 0 Å². The normalized spacial score (nSPS) is 13.2. The van der Waals surface area contributed by atoms with E-state index < -0.39 is 11.5 Å². The molecule has 0 spiro atoms. The molecule has 0 amide bonds. The second kappa shape index (κ2) is 8.79. The third-order valence-corrected chi connectivity index (χ3v) is 5.62. The number of hydrogen-bond donors (Lipinski definition) is 2. The summed E-state index contributed by atoms with van der Waals surface area (Å²) >= 11 is 0. The van der Waals surface area contributed by atoms with Gasteiger partial charge in [0.1, 0.15) is 11.5 Å². The Balaban J connectivity index is 1.88. The molecule has 0 aliphatic rings. The number of carboxylic acid groups (broad SMARTS) is 1. The monoisotopic (exact) mass is 423 g/mol. The molecular formula is C24H29N3O4. The number of rotatable bonds is 9. The molecule has 1 atom stereocenters. The number of carboxylic acids is 1. The van der Waals surface area contributed by atoms with Gasteiger partial charge >= 0.3 is 5.97 Å². The van der Waals surface area contributed by atoms with E-state index in [0.717, 1.165) is 34.9 Å². The van der Waals surface area contributed by atoms with Gasteiger partial charge in [-0.05, 0) is 75.1 Å². The average Bonchev–Trinajstić information content (AvgIpc) is 3.14. The third kappa shape index (κ3) is 4.40. The lowest BCUT2D eigenvalue weighted by Gasteiger charge is -2.22. The molecule has 1 aromatic heterocycles. The first-order valence-corrected chi connectivity index (χ1v) is 10.5. The number of fused-ring (bicyclic) bond motifs is 1. The van der Waals surface area contributed by atoms with E-state index in [-0.39, 0.29) is 0 Å². The summed E-state index contributed by atoms with van der Waals surface area (Å²) in [6.07, 6.45) is 4.30. The zero-order valence-corrected chi connectivity index (χ0v) is 18.6. The standard InChI is InChI=1S/C24H29N3O4/c1-6-19(7-2)27-21-9-8-20(12-17(21)13-25-27)31-22-15(3)10-18(11-16(22)4)26-24(5,14-28)23(29)30/h8-14,19,26H,6-7H2,1-5H3,(H,29,30). The number of nitrogens with one attached hydrogen (secondary N) is 1. The molecule has 164 valence electrons. The van der Waals surface area contributed by atoms with Gasteiger partial charge in [0.15, 0.2) is 11.8 Å². The summed E-state index contributed by atoms with van der Waals surface area (Å²) in [5, 5.41) is 17.7. The van der Waals surface area contributed by atoms with Crippen molar-refractivity contribution >= 4 is 28.8 Å². The predicted octanol–water partition coefficient (Wildman–Crippen LogP) is 5.26. The van der Waals surface area contributed by atoms with Gasteiger partial charge in [0.25, 0.3) is 0 Å². The summed E-state index contributed by atoms with van der Waals surface area (Å²) in [5.41, 5.74) is 1.58. The average molecular weight is 424 g/mol. The van der Waals surface area contributed by atoms with Crippen LogP contribution in [0.2, 0.25) is 0 Å². The van der Waals surface area contributed by atoms with E-state index in [4.69, 9.17) is 4.74 Å². The van der Waals surface area contributed by atoms with Crippen molar-refractivity contribution in [3.63, 3.8) is 0 Å². The minimum Gasteiger partial charge on any atom is -0.479 e. The number of aldehydes is 1. The number of aryl methyl sites for hydroxylation is 2. The zero-order valence-electron chi connectivity index (χ0n) is 18.6. The molecule has 1 unspecified atom stereocenters. The highest BCUT2D eigenvalue weighted by Crippen LogP contribution is 2.34. The highest BCUT2D eigenvalue weighted by molar-refractivity contribution is 6.00. The number of anilines is 1. The number of hydrogen-bond acceptors (Lipinski definition) is 5. The summed E-state index contributed by atoms with van der Waals surface area (Å²) in [6, 6.07) is 9.85. The zero-order chi connectivity index (χ0) is 22.8. The topological polar surface area (TPSA) is 93.5 Å². The van der Waals surface area contributed by atoms with Crippen molar-refractivity contribution in [3.8, 4) is 11.5 Å². The van der Waals surface area contributed by atoms with Crippen LogP contribution in [0, 0.1) is 13.8 Å². The number of aliphatic carboxylic acids is 1. The molecule has 1 heterocycles.